The fourth-order valence-electron chi connectivity index (χ4n) is 2.40. The molecule has 0 aliphatic carbocycles. The number of aromatic nitrogens is 2. The van der Waals surface area contributed by atoms with E-state index in [0.29, 0.717) is 6.04 Å². The standard InChI is InChI=1S/C15H16BrN3/c16-12-6-4-11(5-7-12)13-8-10-18-15(19-13)14-3-1-2-9-17-14/h4-8,10,14,17H,1-3,9H2. The van der Waals surface area contributed by atoms with Crippen LogP contribution in [0, 0.1) is 0 Å². The number of rotatable bonds is 2. The van der Waals surface area contributed by atoms with Crippen molar-refractivity contribution in [2.45, 2.75) is 25.3 Å². The van der Waals surface area contributed by atoms with Gasteiger partial charge in [0.05, 0.1) is 11.7 Å². The molecule has 0 amide bonds. The molecule has 1 aliphatic rings. The fraction of sp³-hybridized carbons (Fsp3) is 0.333. The molecule has 1 aromatic carbocycles. The lowest BCUT2D eigenvalue weighted by atomic mass is 10.0. The Kier molecular flexibility index (Phi) is 3.89. The first-order valence-electron chi connectivity index (χ1n) is 6.65. The molecule has 98 valence electrons. The maximum absolute atomic E-state index is 4.71. The highest BCUT2D eigenvalue weighted by molar-refractivity contribution is 9.10. The number of piperidine rings is 1. The Morgan fingerprint density at radius 1 is 1.11 bits per heavy atom. The summed E-state index contributed by atoms with van der Waals surface area (Å²) >= 11 is 3.45. The average Bonchev–Trinajstić information content (AvgIpc) is 2.49. The van der Waals surface area contributed by atoms with Crippen LogP contribution in [0.2, 0.25) is 0 Å². The van der Waals surface area contributed by atoms with E-state index in [1.54, 1.807) is 0 Å². The maximum atomic E-state index is 4.71. The molecule has 1 saturated heterocycles. The van der Waals surface area contributed by atoms with Crippen LogP contribution in [-0.4, -0.2) is 16.5 Å². The van der Waals surface area contributed by atoms with Gasteiger partial charge >= 0.3 is 0 Å². The molecule has 0 radical (unpaired) electrons. The summed E-state index contributed by atoms with van der Waals surface area (Å²) in [5.41, 5.74) is 2.12. The first kappa shape index (κ1) is 12.8. The molecular weight excluding hydrogens is 302 g/mol. The van der Waals surface area contributed by atoms with E-state index in [9.17, 15) is 0 Å². The Morgan fingerprint density at radius 2 is 1.95 bits per heavy atom. The van der Waals surface area contributed by atoms with Crippen LogP contribution in [-0.2, 0) is 0 Å². The van der Waals surface area contributed by atoms with Crippen molar-refractivity contribution in [2.24, 2.45) is 0 Å². The smallest absolute Gasteiger partial charge is 0.145 e. The van der Waals surface area contributed by atoms with Crippen LogP contribution in [0.25, 0.3) is 11.3 Å². The molecule has 1 unspecified atom stereocenters. The molecule has 0 saturated carbocycles. The van der Waals surface area contributed by atoms with Crippen molar-refractivity contribution < 1.29 is 0 Å². The minimum absolute atomic E-state index is 0.309. The van der Waals surface area contributed by atoms with Gasteiger partial charge in [-0.2, -0.15) is 0 Å². The zero-order chi connectivity index (χ0) is 13.1. The largest absolute Gasteiger partial charge is 0.307 e. The van der Waals surface area contributed by atoms with Crippen LogP contribution < -0.4 is 5.32 Å². The van der Waals surface area contributed by atoms with Crippen LogP contribution in [0.3, 0.4) is 0 Å². The van der Waals surface area contributed by atoms with E-state index in [-0.39, 0.29) is 0 Å². The third kappa shape index (κ3) is 3.01. The molecule has 2 aromatic rings. The van der Waals surface area contributed by atoms with Crippen LogP contribution >= 0.6 is 15.9 Å². The topological polar surface area (TPSA) is 37.8 Å². The summed E-state index contributed by atoms with van der Waals surface area (Å²) in [7, 11) is 0. The fourth-order valence-corrected chi connectivity index (χ4v) is 2.66. The quantitative estimate of drug-likeness (QED) is 0.917. The summed E-state index contributed by atoms with van der Waals surface area (Å²) in [6.45, 7) is 1.07. The van der Waals surface area contributed by atoms with Gasteiger partial charge in [-0.3, -0.25) is 0 Å². The second kappa shape index (κ2) is 5.80. The molecule has 19 heavy (non-hydrogen) atoms. The van der Waals surface area contributed by atoms with Gasteiger partial charge in [0.25, 0.3) is 0 Å². The van der Waals surface area contributed by atoms with Crippen LogP contribution in [0.4, 0.5) is 0 Å². The van der Waals surface area contributed by atoms with Crippen molar-refractivity contribution in [1.82, 2.24) is 15.3 Å². The van der Waals surface area contributed by atoms with E-state index in [4.69, 9.17) is 4.98 Å². The van der Waals surface area contributed by atoms with Crippen molar-refractivity contribution in [3.8, 4) is 11.3 Å². The zero-order valence-electron chi connectivity index (χ0n) is 10.6. The third-order valence-corrected chi connectivity index (χ3v) is 3.96. The van der Waals surface area contributed by atoms with Crippen LogP contribution in [0.5, 0.6) is 0 Å². The van der Waals surface area contributed by atoms with Gasteiger partial charge in [-0.05, 0) is 37.6 Å². The predicted octanol–water partition coefficient (Wildman–Crippen LogP) is 3.72. The van der Waals surface area contributed by atoms with Gasteiger partial charge in [0.1, 0.15) is 5.82 Å². The Labute approximate surface area is 121 Å². The molecule has 2 heterocycles. The Balaban J connectivity index is 1.88. The zero-order valence-corrected chi connectivity index (χ0v) is 12.2. The molecule has 3 rings (SSSR count). The van der Waals surface area contributed by atoms with E-state index in [1.807, 2.05) is 24.4 Å². The number of benzene rings is 1. The van der Waals surface area contributed by atoms with E-state index in [0.717, 1.165) is 34.5 Å². The molecule has 0 bridgehead atoms. The minimum atomic E-state index is 0.309. The first-order valence-corrected chi connectivity index (χ1v) is 7.44. The number of halogens is 1. The highest BCUT2D eigenvalue weighted by Gasteiger charge is 2.17. The third-order valence-electron chi connectivity index (χ3n) is 3.44. The summed E-state index contributed by atoms with van der Waals surface area (Å²) in [5, 5.41) is 3.49. The Bertz CT molecular complexity index is 548. The molecule has 1 atom stereocenters. The number of hydrogen-bond acceptors (Lipinski definition) is 3. The molecule has 4 heteroatoms. The highest BCUT2D eigenvalue weighted by Crippen LogP contribution is 2.23. The van der Waals surface area contributed by atoms with Gasteiger partial charge in [0.2, 0.25) is 0 Å². The molecule has 3 nitrogen and oxygen atoms in total. The van der Waals surface area contributed by atoms with Gasteiger partial charge in [0, 0.05) is 16.2 Å². The molecule has 1 N–H and O–H groups in total. The maximum Gasteiger partial charge on any atom is 0.145 e. The van der Waals surface area contributed by atoms with Crippen molar-refractivity contribution in [2.75, 3.05) is 6.54 Å². The van der Waals surface area contributed by atoms with Gasteiger partial charge in [-0.1, -0.05) is 34.5 Å². The van der Waals surface area contributed by atoms with Gasteiger partial charge in [0.15, 0.2) is 0 Å². The summed E-state index contributed by atoms with van der Waals surface area (Å²) in [4.78, 5) is 9.13. The lowest BCUT2D eigenvalue weighted by molar-refractivity contribution is 0.397. The molecule has 0 spiro atoms. The lowest BCUT2D eigenvalue weighted by Gasteiger charge is -2.22. The summed E-state index contributed by atoms with van der Waals surface area (Å²) < 4.78 is 1.08. The molecule has 1 aromatic heterocycles. The number of hydrogen-bond donors (Lipinski definition) is 1. The average molecular weight is 318 g/mol. The van der Waals surface area contributed by atoms with Crippen molar-refractivity contribution in [3.63, 3.8) is 0 Å². The van der Waals surface area contributed by atoms with E-state index in [1.165, 1.54) is 12.8 Å². The molecule has 1 aliphatic heterocycles. The Morgan fingerprint density at radius 3 is 2.68 bits per heavy atom. The first-order chi connectivity index (χ1) is 9.33. The van der Waals surface area contributed by atoms with Crippen LogP contribution in [0.15, 0.2) is 41.0 Å². The van der Waals surface area contributed by atoms with E-state index < -0.39 is 0 Å². The highest BCUT2D eigenvalue weighted by atomic mass is 79.9. The van der Waals surface area contributed by atoms with Gasteiger partial charge < -0.3 is 5.32 Å². The van der Waals surface area contributed by atoms with Crippen molar-refractivity contribution in [1.29, 1.82) is 0 Å². The number of nitrogens with zero attached hydrogens (tertiary/aromatic N) is 2. The van der Waals surface area contributed by atoms with E-state index in [2.05, 4.69) is 38.4 Å². The normalized spacial score (nSPS) is 19.3. The van der Waals surface area contributed by atoms with Crippen molar-refractivity contribution >= 4 is 15.9 Å². The van der Waals surface area contributed by atoms with E-state index >= 15 is 0 Å². The second-order valence-electron chi connectivity index (χ2n) is 4.81. The van der Waals surface area contributed by atoms with Crippen LogP contribution in [0.1, 0.15) is 31.1 Å². The number of nitrogens with one attached hydrogen (secondary N) is 1. The van der Waals surface area contributed by atoms with Crippen molar-refractivity contribution in [3.05, 3.63) is 46.8 Å². The summed E-state index contributed by atoms with van der Waals surface area (Å²) in [5.74, 6) is 0.917. The monoisotopic (exact) mass is 317 g/mol. The summed E-state index contributed by atoms with van der Waals surface area (Å²) in [6, 6.07) is 10.5. The second-order valence-corrected chi connectivity index (χ2v) is 5.73. The van der Waals surface area contributed by atoms with Gasteiger partial charge in [-0.15, -0.1) is 0 Å². The Hall–Kier alpha value is -1.26. The SMILES string of the molecule is Brc1ccc(-c2ccnc(C3CCCCN3)n2)cc1. The molecular formula is C15H16BrN3. The minimum Gasteiger partial charge on any atom is -0.307 e. The lowest BCUT2D eigenvalue weighted by Crippen LogP contribution is -2.28. The molecule has 1 fully saturated rings. The predicted molar refractivity (Wildman–Crippen MR) is 79.8 cm³/mol. The van der Waals surface area contributed by atoms with Gasteiger partial charge in [-0.25, -0.2) is 9.97 Å². The summed E-state index contributed by atoms with van der Waals surface area (Å²) in [6.07, 6.45) is 5.49.